The molecule has 1 aliphatic carbocycles. The smallest absolute Gasteiger partial charge is 0.243 e. The van der Waals surface area contributed by atoms with E-state index in [1.165, 1.54) is 0 Å². The van der Waals surface area contributed by atoms with Crippen LogP contribution in [0.2, 0.25) is 5.02 Å². The van der Waals surface area contributed by atoms with Crippen LogP contribution in [-0.4, -0.2) is 34.6 Å². The standard InChI is InChI=1S/C31H34BrClN2O2S/c32-25-14-12-24(13-15-25)22-35(30(36)11-6-20-38-28-18-16-26(33)17-19-28)29(21-23-7-2-1-3-8-23)31(37)34-27-9-4-5-10-27/h1-3,7-8,12-19,27,29H,4-6,9-11,20-22H2,(H,34,37)/t29-/m0/s1. The number of carbonyl (C=O) groups excluding carboxylic acids is 2. The Balaban J connectivity index is 1.50. The molecule has 0 bridgehead atoms. The largest absolute Gasteiger partial charge is 0.352 e. The van der Waals surface area contributed by atoms with E-state index in [9.17, 15) is 9.59 Å². The Kier molecular flexibility index (Phi) is 11.2. The van der Waals surface area contributed by atoms with Gasteiger partial charge >= 0.3 is 0 Å². The van der Waals surface area contributed by atoms with E-state index < -0.39 is 6.04 Å². The zero-order chi connectivity index (χ0) is 26.7. The first kappa shape index (κ1) is 28.7. The molecule has 0 spiro atoms. The zero-order valence-corrected chi connectivity index (χ0v) is 24.6. The predicted octanol–water partition coefficient (Wildman–Crippen LogP) is 7.67. The molecule has 1 fully saturated rings. The summed E-state index contributed by atoms with van der Waals surface area (Å²) in [5.41, 5.74) is 2.05. The molecular formula is C31H34BrClN2O2S. The number of nitrogens with one attached hydrogen (secondary N) is 1. The van der Waals surface area contributed by atoms with E-state index >= 15 is 0 Å². The van der Waals surface area contributed by atoms with E-state index in [1.54, 1.807) is 16.7 Å². The van der Waals surface area contributed by atoms with Gasteiger partial charge in [0.1, 0.15) is 6.04 Å². The Hall–Kier alpha value is -2.28. The molecule has 0 unspecified atom stereocenters. The van der Waals surface area contributed by atoms with Gasteiger partial charge in [-0.25, -0.2) is 0 Å². The summed E-state index contributed by atoms with van der Waals surface area (Å²) >= 11 is 11.2. The van der Waals surface area contributed by atoms with Gasteiger partial charge in [0.25, 0.3) is 0 Å². The highest BCUT2D eigenvalue weighted by Gasteiger charge is 2.31. The highest BCUT2D eigenvalue weighted by molar-refractivity contribution is 9.10. The van der Waals surface area contributed by atoms with Crippen LogP contribution in [0.3, 0.4) is 0 Å². The number of carbonyl (C=O) groups is 2. The zero-order valence-electron chi connectivity index (χ0n) is 21.5. The Bertz CT molecular complexity index is 1170. The molecule has 0 aliphatic heterocycles. The third-order valence-electron chi connectivity index (χ3n) is 6.86. The normalized spacial score (nSPS) is 14.3. The van der Waals surface area contributed by atoms with Crippen LogP contribution in [0.4, 0.5) is 0 Å². The molecule has 4 rings (SSSR count). The molecule has 1 atom stereocenters. The minimum atomic E-state index is -0.571. The number of amides is 2. The van der Waals surface area contributed by atoms with Gasteiger partial charge in [-0.15, -0.1) is 11.8 Å². The molecule has 1 aliphatic rings. The van der Waals surface area contributed by atoms with E-state index in [-0.39, 0.29) is 17.9 Å². The first-order valence-corrected chi connectivity index (χ1v) is 15.4. The average Bonchev–Trinajstić information content (AvgIpc) is 3.44. The van der Waals surface area contributed by atoms with Crippen molar-refractivity contribution in [2.75, 3.05) is 5.75 Å². The van der Waals surface area contributed by atoms with Crippen LogP contribution in [0.25, 0.3) is 0 Å². The van der Waals surface area contributed by atoms with Gasteiger partial charge in [-0.2, -0.15) is 0 Å². The molecule has 200 valence electrons. The Morgan fingerprint density at radius 3 is 2.32 bits per heavy atom. The summed E-state index contributed by atoms with van der Waals surface area (Å²) in [5.74, 6) is 0.769. The summed E-state index contributed by atoms with van der Waals surface area (Å²) in [6, 6.07) is 25.4. The van der Waals surface area contributed by atoms with Crippen LogP contribution in [0.1, 0.15) is 49.7 Å². The van der Waals surface area contributed by atoms with Gasteiger partial charge < -0.3 is 10.2 Å². The summed E-state index contributed by atoms with van der Waals surface area (Å²) < 4.78 is 0.984. The van der Waals surface area contributed by atoms with E-state index in [0.717, 1.165) is 58.4 Å². The van der Waals surface area contributed by atoms with Crippen LogP contribution >= 0.6 is 39.3 Å². The van der Waals surface area contributed by atoms with Gasteiger partial charge in [0.05, 0.1) is 0 Å². The lowest BCUT2D eigenvalue weighted by Gasteiger charge is -2.32. The van der Waals surface area contributed by atoms with E-state index in [1.807, 2.05) is 78.9 Å². The fourth-order valence-corrected chi connectivity index (χ4v) is 6.04. The number of benzene rings is 3. The van der Waals surface area contributed by atoms with Crippen molar-refractivity contribution in [1.29, 1.82) is 0 Å². The van der Waals surface area contributed by atoms with Crippen LogP contribution in [0.15, 0.2) is 88.2 Å². The van der Waals surface area contributed by atoms with Crippen molar-refractivity contribution in [2.45, 2.75) is 68.5 Å². The molecule has 7 heteroatoms. The SMILES string of the molecule is O=C(NC1CCCC1)[C@H](Cc1ccccc1)N(Cc1ccc(Br)cc1)C(=O)CCCSc1ccc(Cl)cc1. The van der Waals surface area contributed by atoms with Crippen molar-refractivity contribution in [3.05, 3.63) is 99.5 Å². The van der Waals surface area contributed by atoms with Gasteiger partial charge in [0.15, 0.2) is 0 Å². The molecule has 1 N–H and O–H groups in total. The van der Waals surface area contributed by atoms with Crippen molar-refractivity contribution in [1.82, 2.24) is 10.2 Å². The fourth-order valence-electron chi connectivity index (χ4n) is 4.80. The van der Waals surface area contributed by atoms with Crippen molar-refractivity contribution in [2.24, 2.45) is 0 Å². The van der Waals surface area contributed by atoms with E-state index in [0.29, 0.717) is 24.4 Å². The van der Waals surface area contributed by atoms with Crippen molar-refractivity contribution in [3.63, 3.8) is 0 Å². The molecule has 0 radical (unpaired) electrons. The summed E-state index contributed by atoms with van der Waals surface area (Å²) in [6.45, 7) is 0.395. The fraction of sp³-hybridized carbons (Fsp3) is 0.355. The van der Waals surface area contributed by atoms with Gasteiger partial charge in [-0.3, -0.25) is 9.59 Å². The Morgan fingerprint density at radius 1 is 0.947 bits per heavy atom. The number of thioether (sulfide) groups is 1. The lowest BCUT2D eigenvalue weighted by molar-refractivity contribution is -0.141. The van der Waals surface area contributed by atoms with E-state index in [2.05, 4.69) is 21.2 Å². The van der Waals surface area contributed by atoms with Crippen LogP contribution in [-0.2, 0) is 22.6 Å². The topological polar surface area (TPSA) is 49.4 Å². The Morgan fingerprint density at radius 2 is 1.63 bits per heavy atom. The monoisotopic (exact) mass is 612 g/mol. The number of rotatable bonds is 12. The van der Waals surface area contributed by atoms with Gasteiger partial charge in [-0.05, 0) is 72.5 Å². The molecule has 1 saturated carbocycles. The van der Waals surface area contributed by atoms with Crippen LogP contribution in [0, 0.1) is 0 Å². The molecule has 0 saturated heterocycles. The second-order valence-corrected chi connectivity index (χ2v) is 12.3. The summed E-state index contributed by atoms with van der Waals surface area (Å²) in [5, 5.41) is 3.98. The van der Waals surface area contributed by atoms with Gasteiger partial charge in [0.2, 0.25) is 11.8 Å². The van der Waals surface area contributed by atoms with Crippen molar-refractivity contribution >= 4 is 51.1 Å². The highest BCUT2D eigenvalue weighted by atomic mass is 79.9. The van der Waals surface area contributed by atoms with Gasteiger partial charge in [0, 0.05) is 39.8 Å². The molecule has 3 aromatic rings. The van der Waals surface area contributed by atoms with Gasteiger partial charge in [-0.1, -0.05) is 82.8 Å². The highest BCUT2D eigenvalue weighted by Crippen LogP contribution is 2.24. The van der Waals surface area contributed by atoms with Crippen LogP contribution in [0.5, 0.6) is 0 Å². The summed E-state index contributed by atoms with van der Waals surface area (Å²) in [6.07, 6.45) is 5.90. The number of hydrogen-bond donors (Lipinski definition) is 1. The quantitative estimate of drug-likeness (QED) is 0.168. The van der Waals surface area contributed by atoms with Crippen molar-refractivity contribution in [3.8, 4) is 0 Å². The molecule has 3 aromatic carbocycles. The summed E-state index contributed by atoms with van der Waals surface area (Å²) in [7, 11) is 0. The maximum atomic E-state index is 13.8. The molecule has 0 heterocycles. The minimum Gasteiger partial charge on any atom is -0.352 e. The maximum Gasteiger partial charge on any atom is 0.243 e. The lowest BCUT2D eigenvalue weighted by Crippen LogP contribution is -2.52. The van der Waals surface area contributed by atoms with Crippen LogP contribution < -0.4 is 5.32 Å². The molecular weight excluding hydrogens is 580 g/mol. The second-order valence-electron chi connectivity index (χ2n) is 9.75. The number of nitrogens with zero attached hydrogens (tertiary/aromatic N) is 1. The molecule has 4 nitrogen and oxygen atoms in total. The Labute approximate surface area is 243 Å². The first-order chi connectivity index (χ1) is 18.5. The van der Waals surface area contributed by atoms with E-state index in [4.69, 9.17) is 11.6 Å². The summed E-state index contributed by atoms with van der Waals surface area (Å²) in [4.78, 5) is 30.4. The number of halogens is 2. The minimum absolute atomic E-state index is 0.00660. The molecule has 38 heavy (non-hydrogen) atoms. The number of hydrogen-bond acceptors (Lipinski definition) is 3. The molecule has 0 aromatic heterocycles. The predicted molar refractivity (Wildman–Crippen MR) is 160 cm³/mol. The third kappa shape index (κ3) is 8.89. The average molecular weight is 614 g/mol. The molecule has 2 amide bonds. The second kappa shape index (κ2) is 14.8. The maximum absolute atomic E-state index is 13.8. The lowest BCUT2D eigenvalue weighted by atomic mass is 10.0. The first-order valence-electron chi connectivity index (χ1n) is 13.2. The third-order valence-corrected chi connectivity index (χ3v) is 8.74. The van der Waals surface area contributed by atoms with Crippen molar-refractivity contribution < 1.29 is 9.59 Å².